The van der Waals surface area contributed by atoms with E-state index in [0.717, 1.165) is 5.56 Å². The van der Waals surface area contributed by atoms with Gasteiger partial charge in [0.25, 0.3) is 0 Å². The number of halogens is 1. The Morgan fingerprint density at radius 1 is 1.15 bits per heavy atom. The molecule has 6 nitrogen and oxygen atoms in total. The molecule has 0 saturated carbocycles. The molecule has 2 aromatic carbocycles. The Morgan fingerprint density at radius 3 is 2.50 bits per heavy atom. The molecule has 2 N–H and O–H groups in total. The molecule has 0 fully saturated rings. The van der Waals surface area contributed by atoms with Crippen LogP contribution in [-0.4, -0.2) is 31.2 Å². The number of phenols is 1. The largest absolute Gasteiger partial charge is 0.507 e. The highest BCUT2D eigenvalue weighted by molar-refractivity contribution is 6.31. The lowest BCUT2D eigenvalue weighted by Gasteiger charge is -2.23. The van der Waals surface area contributed by atoms with E-state index in [1.54, 1.807) is 24.3 Å². The Labute approximate surface area is 156 Å². The Morgan fingerprint density at radius 2 is 1.85 bits per heavy atom. The van der Waals surface area contributed by atoms with Crippen molar-refractivity contribution in [3.8, 4) is 11.4 Å². The lowest BCUT2D eigenvalue weighted by atomic mass is 9.84. The van der Waals surface area contributed by atoms with E-state index in [1.807, 2.05) is 26.8 Å². The molecular formula is C19H20ClN3O3. The average molecular weight is 374 g/mol. The molecule has 0 spiro atoms. The van der Waals surface area contributed by atoms with Gasteiger partial charge in [0.15, 0.2) is 0 Å². The van der Waals surface area contributed by atoms with Crippen LogP contribution in [0.3, 0.4) is 0 Å². The molecule has 1 heterocycles. The van der Waals surface area contributed by atoms with Crippen molar-refractivity contribution in [3.63, 3.8) is 0 Å². The number of aromatic hydroxyl groups is 1. The van der Waals surface area contributed by atoms with E-state index in [2.05, 4.69) is 10.2 Å². The highest BCUT2D eigenvalue weighted by Gasteiger charge is 2.22. The van der Waals surface area contributed by atoms with E-state index >= 15 is 0 Å². The van der Waals surface area contributed by atoms with Crippen LogP contribution in [0.15, 0.2) is 30.3 Å². The summed E-state index contributed by atoms with van der Waals surface area (Å²) in [6, 6.07) is 8.83. The number of benzene rings is 2. The smallest absolute Gasteiger partial charge is 0.303 e. The molecule has 0 unspecified atom stereocenters. The minimum Gasteiger partial charge on any atom is -0.507 e. The van der Waals surface area contributed by atoms with Gasteiger partial charge < -0.3 is 10.2 Å². The zero-order chi connectivity index (χ0) is 19.1. The van der Waals surface area contributed by atoms with Crippen molar-refractivity contribution in [2.24, 2.45) is 0 Å². The number of aliphatic carboxylic acids is 1. The van der Waals surface area contributed by atoms with E-state index < -0.39 is 5.97 Å². The molecule has 0 saturated heterocycles. The molecule has 1 aromatic heterocycles. The second kappa shape index (κ2) is 6.61. The Hall–Kier alpha value is -2.60. The molecule has 3 aromatic rings. The number of carboxylic acid groups (broad SMARTS) is 1. The minimum absolute atomic E-state index is 0.0648. The van der Waals surface area contributed by atoms with Crippen LogP contribution in [0.1, 0.15) is 38.3 Å². The van der Waals surface area contributed by atoms with Gasteiger partial charge in [0.1, 0.15) is 16.8 Å². The van der Waals surface area contributed by atoms with Gasteiger partial charge in [-0.1, -0.05) is 32.4 Å². The number of rotatable bonds is 4. The van der Waals surface area contributed by atoms with E-state index in [-0.39, 0.29) is 24.0 Å². The second-order valence-electron chi connectivity index (χ2n) is 7.27. The number of aromatic nitrogens is 3. The molecule has 0 radical (unpaired) electrons. The maximum absolute atomic E-state index is 10.9. The summed E-state index contributed by atoms with van der Waals surface area (Å²) in [5.41, 5.74) is 2.99. The fraction of sp³-hybridized carbons (Fsp3) is 0.316. The summed E-state index contributed by atoms with van der Waals surface area (Å²) < 4.78 is 0. The third-order valence-electron chi connectivity index (χ3n) is 4.16. The first-order chi connectivity index (χ1) is 12.1. The average Bonchev–Trinajstić information content (AvgIpc) is 2.95. The van der Waals surface area contributed by atoms with Gasteiger partial charge in [-0.25, -0.2) is 0 Å². The summed E-state index contributed by atoms with van der Waals surface area (Å²) in [7, 11) is 0. The van der Waals surface area contributed by atoms with Gasteiger partial charge >= 0.3 is 5.97 Å². The number of fused-ring (bicyclic) bond motifs is 1. The van der Waals surface area contributed by atoms with Crippen LogP contribution in [0.5, 0.6) is 5.75 Å². The van der Waals surface area contributed by atoms with Gasteiger partial charge in [-0.05, 0) is 47.7 Å². The van der Waals surface area contributed by atoms with Gasteiger partial charge in [0.05, 0.1) is 5.69 Å². The summed E-state index contributed by atoms with van der Waals surface area (Å²) in [5, 5.41) is 29.1. The maximum atomic E-state index is 10.9. The standard InChI is InChI=1S/C19H20ClN3O3/c1-19(2,3)14-10-13(8-11(18(14)26)4-7-17(24)25)23-21-15-6-5-12(20)9-16(15)22-23/h5-6,8-10,26H,4,7H2,1-3H3,(H,24,25). The SMILES string of the molecule is CC(C)(C)c1cc(-n2nc3ccc(Cl)cc3n2)cc(CCC(=O)O)c1O. The van der Waals surface area contributed by atoms with Crippen molar-refractivity contribution in [2.45, 2.75) is 39.0 Å². The molecule has 136 valence electrons. The zero-order valence-corrected chi connectivity index (χ0v) is 15.6. The number of hydrogen-bond acceptors (Lipinski definition) is 4. The van der Waals surface area contributed by atoms with Crippen molar-refractivity contribution in [3.05, 3.63) is 46.5 Å². The van der Waals surface area contributed by atoms with E-state index in [0.29, 0.717) is 27.3 Å². The predicted molar refractivity (Wildman–Crippen MR) is 100 cm³/mol. The van der Waals surface area contributed by atoms with E-state index in [9.17, 15) is 9.90 Å². The lowest BCUT2D eigenvalue weighted by Crippen LogP contribution is -2.14. The van der Waals surface area contributed by atoms with Crippen LogP contribution in [-0.2, 0) is 16.6 Å². The molecule has 0 aliphatic rings. The van der Waals surface area contributed by atoms with Crippen LogP contribution in [0.25, 0.3) is 16.7 Å². The van der Waals surface area contributed by atoms with Crippen molar-refractivity contribution in [1.82, 2.24) is 15.0 Å². The number of carbonyl (C=O) groups is 1. The van der Waals surface area contributed by atoms with Crippen molar-refractivity contribution in [1.29, 1.82) is 0 Å². The molecule has 0 amide bonds. The minimum atomic E-state index is -0.912. The topological polar surface area (TPSA) is 88.2 Å². The molecule has 7 heteroatoms. The van der Waals surface area contributed by atoms with Crippen LogP contribution in [0, 0.1) is 0 Å². The summed E-state index contributed by atoms with van der Waals surface area (Å²) in [4.78, 5) is 12.4. The van der Waals surface area contributed by atoms with Crippen LogP contribution >= 0.6 is 11.6 Å². The van der Waals surface area contributed by atoms with Crippen molar-refractivity contribution >= 4 is 28.6 Å². The van der Waals surface area contributed by atoms with Gasteiger partial charge in [0, 0.05) is 17.0 Å². The van der Waals surface area contributed by atoms with Gasteiger partial charge in [0.2, 0.25) is 0 Å². The number of carboxylic acids is 1. The summed E-state index contributed by atoms with van der Waals surface area (Å²) in [5.74, 6) is -0.785. The monoisotopic (exact) mass is 373 g/mol. The molecule has 0 aliphatic heterocycles. The molecule has 26 heavy (non-hydrogen) atoms. The molecular weight excluding hydrogens is 354 g/mol. The van der Waals surface area contributed by atoms with Gasteiger partial charge in [-0.3, -0.25) is 4.79 Å². The number of hydrogen-bond donors (Lipinski definition) is 2. The molecule has 0 atom stereocenters. The van der Waals surface area contributed by atoms with Crippen LogP contribution < -0.4 is 0 Å². The summed E-state index contributed by atoms with van der Waals surface area (Å²) in [6.07, 6.45) is 0.162. The summed E-state index contributed by atoms with van der Waals surface area (Å²) in [6.45, 7) is 5.96. The first-order valence-electron chi connectivity index (χ1n) is 8.26. The second-order valence-corrected chi connectivity index (χ2v) is 7.70. The van der Waals surface area contributed by atoms with Gasteiger partial charge in [-0.2, -0.15) is 4.80 Å². The third kappa shape index (κ3) is 3.65. The zero-order valence-electron chi connectivity index (χ0n) is 14.8. The van der Waals surface area contributed by atoms with Crippen molar-refractivity contribution < 1.29 is 15.0 Å². The lowest BCUT2D eigenvalue weighted by molar-refractivity contribution is -0.136. The highest BCUT2D eigenvalue weighted by atomic mass is 35.5. The fourth-order valence-corrected chi connectivity index (χ4v) is 2.97. The first-order valence-corrected chi connectivity index (χ1v) is 8.64. The molecule has 0 bridgehead atoms. The Balaban J connectivity index is 2.15. The maximum Gasteiger partial charge on any atom is 0.303 e. The number of aryl methyl sites for hydroxylation is 1. The molecule has 3 rings (SSSR count). The quantitative estimate of drug-likeness (QED) is 0.718. The van der Waals surface area contributed by atoms with Gasteiger partial charge in [-0.15, -0.1) is 10.2 Å². The fourth-order valence-electron chi connectivity index (χ4n) is 2.80. The normalized spacial score (nSPS) is 11.8. The Bertz CT molecular complexity index is 990. The summed E-state index contributed by atoms with van der Waals surface area (Å²) >= 11 is 6.01. The predicted octanol–water partition coefficient (Wildman–Crippen LogP) is 4.09. The third-order valence-corrected chi connectivity index (χ3v) is 4.40. The van der Waals surface area contributed by atoms with E-state index in [4.69, 9.17) is 16.7 Å². The Kier molecular flexibility index (Phi) is 4.63. The highest BCUT2D eigenvalue weighted by Crippen LogP contribution is 2.36. The number of phenolic OH excluding ortho intramolecular Hbond substituents is 1. The number of nitrogens with zero attached hydrogens (tertiary/aromatic N) is 3. The molecule has 0 aliphatic carbocycles. The van der Waals surface area contributed by atoms with Crippen LogP contribution in [0.2, 0.25) is 5.02 Å². The van der Waals surface area contributed by atoms with Crippen LogP contribution in [0.4, 0.5) is 0 Å². The first kappa shape index (κ1) is 18.2. The van der Waals surface area contributed by atoms with E-state index in [1.165, 1.54) is 4.80 Å². The van der Waals surface area contributed by atoms with Crippen molar-refractivity contribution in [2.75, 3.05) is 0 Å².